The van der Waals surface area contributed by atoms with Gasteiger partial charge in [-0.1, -0.05) is 0 Å². The van der Waals surface area contributed by atoms with Gasteiger partial charge in [0.1, 0.15) is 16.3 Å². The van der Waals surface area contributed by atoms with Crippen molar-refractivity contribution >= 4 is 34.6 Å². The summed E-state index contributed by atoms with van der Waals surface area (Å²) in [6.45, 7) is 5.63. The lowest BCUT2D eigenvalue weighted by atomic mass is 9.89. The van der Waals surface area contributed by atoms with Crippen molar-refractivity contribution in [3.05, 3.63) is 27.9 Å². The number of carbonyl (C=O) groups is 2. The van der Waals surface area contributed by atoms with E-state index >= 15 is 0 Å². The SMILES string of the molecule is CC(C)(C)OC(=O)[C@H]1C[C@H]2CC[C@H]1N2C(=O)c1csc(-c2ccsc2)n1. The molecule has 0 unspecified atom stereocenters. The number of aromatic nitrogens is 1. The Bertz CT molecular complexity index is 822. The van der Waals surface area contributed by atoms with Crippen LogP contribution in [0.3, 0.4) is 0 Å². The highest BCUT2D eigenvalue weighted by Crippen LogP contribution is 2.43. The number of amides is 1. The number of ether oxygens (including phenoxy) is 1. The second kappa shape index (κ2) is 6.46. The molecule has 2 aromatic rings. The van der Waals surface area contributed by atoms with Gasteiger partial charge in [-0.05, 0) is 51.5 Å². The van der Waals surface area contributed by atoms with Crippen molar-refractivity contribution in [2.75, 3.05) is 0 Å². The Labute approximate surface area is 161 Å². The number of fused-ring (bicyclic) bond motifs is 2. The van der Waals surface area contributed by atoms with Crippen molar-refractivity contribution in [2.24, 2.45) is 5.92 Å². The zero-order chi connectivity index (χ0) is 18.5. The summed E-state index contributed by atoms with van der Waals surface area (Å²) in [6, 6.07) is 2.07. The summed E-state index contributed by atoms with van der Waals surface area (Å²) in [4.78, 5) is 32.0. The first kappa shape index (κ1) is 17.7. The van der Waals surface area contributed by atoms with Crippen molar-refractivity contribution < 1.29 is 14.3 Å². The maximum atomic E-state index is 13.1. The molecule has 1 amide bonds. The van der Waals surface area contributed by atoms with Gasteiger partial charge in [-0.2, -0.15) is 11.3 Å². The van der Waals surface area contributed by atoms with E-state index in [1.807, 2.05) is 47.9 Å². The molecule has 7 heteroatoms. The number of hydrogen-bond acceptors (Lipinski definition) is 6. The predicted molar refractivity (Wildman–Crippen MR) is 102 cm³/mol. The Morgan fingerprint density at radius 3 is 2.77 bits per heavy atom. The van der Waals surface area contributed by atoms with Gasteiger partial charge < -0.3 is 9.64 Å². The topological polar surface area (TPSA) is 59.5 Å². The minimum Gasteiger partial charge on any atom is -0.460 e. The summed E-state index contributed by atoms with van der Waals surface area (Å²) in [7, 11) is 0. The quantitative estimate of drug-likeness (QED) is 0.737. The summed E-state index contributed by atoms with van der Waals surface area (Å²) in [5.41, 5.74) is 1.03. The Kier molecular flexibility index (Phi) is 4.39. The molecule has 2 fully saturated rings. The summed E-state index contributed by atoms with van der Waals surface area (Å²) in [5.74, 6) is -0.451. The van der Waals surface area contributed by atoms with Crippen molar-refractivity contribution in [1.29, 1.82) is 0 Å². The molecule has 0 radical (unpaired) electrons. The van der Waals surface area contributed by atoms with Gasteiger partial charge in [0, 0.05) is 28.4 Å². The molecule has 138 valence electrons. The lowest BCUT2D eigenvalue weighted by Crippen LogP contribution is -2.39. The van der Waals surface area contributed by atoms with E-state index in [2.05, 4.69) is 4.98 Å². The smallest absolute Gasteiger partial charge is 0.311 e. The van der Waals surface area contributed by atoms with Gasteiger partial charge in [-0.3, -0.25) is 9.59 Å². The highest BCUT2D eigenvalue weighted by atomic mass is 32.1. The van der Waals surface area contributed by atoms with Crippen LogP contribution >= 0.6 is 22.7 Å². The van der Waals surface area contributed by atoms with Crippen LogP contribution in [-0.2, 0) is 9.53 Å². The molecule has 4 heterocycles. The van der Waals surface area contributed by atoms with Gasteiger partial charge in [0.15, 0.2) is 0 Å². The van der Waals surface area contributed by atoms with E-state index in [9.17, 15) is 9.59 Å². The third-order valence-electron chi connectivity index (χ3n) is 4.97. The van der Waals surface area contributed by atoms with Crippen molar-refractivity contribution in [1.82, 2.24) is 9.88 Å². The number of thiophene rings is 1. The van der Waals surface area contributed by atoms with Crippen LogP contribution in [0.15, 0.2) is 22.2 Å². The number of rotatable bonds is 3. The van der Waals surface area contributed by atoms with Crippen molar-refractivity contribution in [2.45, 2.75) is 57.7 Å². The molecule has 0 aromatic carbocycles. The molecule has 0 N–H and O–H groups in total. The number of hydrogen-bond donors (Lipinski definition) is 0. The summed E-state index contributed by atoms with van der Waals surface area (Å²) in [6.07, 6.45) is 2.52. The van der Waals surface area contributed by atoms with Crippen LogP contribution < -0.4 is 0 Å². The molecule has 2 saturated heterocycles. The number of carbonyl (C=O) groups excluding carboxylic acids is 2. The average molecular weight is 391 g/mol. The van der Waals surface area contributed by atoms with Crippen LogP contribution in [0.2, 0.25) is 0 Å². The normalized spacial score (nSPS) is 24.9. The van der Waals surface area contributed by atoms with Crippen LogP contribution in [0.4, 0.5) is 0 Å². The van der Waals surface area contributed by atoms with E-state index in [0.717, 1.165) is 23.4 Å². The molecule has 2 aliphatic heterocycles. The highest BCUT2D eigenvalue weighted by Gasteiger charge is 2.52. The molecule has 26 heavy (non-hydrogen) atoms. The van der Waals surface area contributed by atoms with Gasteiger partial charge in [0.05, 0.1) is 5.92 Å². The lowest BCUT2D eigenvalue weighted by molar-refractivity contribution is -0.160. The first-order valence-electron chi connectivity index (χ1n) is 8.87. The molecule has 0 aliphatic carbocycles. The van der Waals surface area contributed by atoms with E-state index in [-0.39, 0.29) is 29.9 Å². The number of esters is 1. The van der Waals surface area contributed by atoms with Gasteiger partial charge in [0.25, 0.3) is 5.91 Å². The predicted octanol–water partition coefficient (Wildman–Crippen LogP) is 4.21. The Hall–Kier alpha value is -1.73. The van der Waals surface area contributed by atoms with Crippen molar-refractivity contribution in [3.8, 4) is 10.6 Å². The molecular formula is C19H22N2O3S2. The monoisotopic (exact) mass is 390 g/mol. The number of nitrogens with zero attached hydrogens (tertiary/aromatic N) is 2. The van der Waals surface area contributed by atoms with Crippen LogP contribution in [0.25, 0.3) is 10.6 Å². The Morgan fingerprint density at radius 1 is 1.27 bits per heavy atom. The molecule has 0 spiro atoms. The van der Waals surface area contributed by atoms with Crippen LogP contribution in [0.1, 0.15) is 50.5 Å². The van der Waals surface area contributed by atoms with Gasteiger partial charge in [0.2, 0.25) is 0 Å². The van der Waals surface area contributed by atoms with E-state index in [1.165, 1.54) is 11.3 Å². The highest BCUT2D eigenvalue weighted by molar-refractivity contribution is 7.14. The molecule has 2 aliphatic rings. The minimum atomic E-state index is -0.502. The first-order chi connectivity index (χ1) is 12.3. The van der Waals surface area contributed by atoms with Gasteiger partial charge in [-0.25, -0.2) is 4.98 Å². The fraction of sp³-hybridized carbons (Fsp3) is 0.526. The zero-order valence-corrected chi connectivity index (χ0v) is 16.7. The second-order valence-electron chi connectivity index (χ2n) is 7.94. The summed E-state index contributed by atoms with van der Waals surface area (Å²) >= 11 is 3.10. The maximum Gasteiger partial charge on any atom is 0.311 e. The lowest BCUT2D eigenvalue weighted by Gasteiger charge is -2.26. The third-order valence-corrected chi connectivity index (χ3v) is 6.55. The molecule has 2 aromatic heterocycles. The fourth-order valence-electron chi connectivity index (χ4n) is 3.96. The summed E-state index contributed by atoms with van der Waals surface area (Å²) in [5, 5.41) is 6.73. The van der Waals surface area contributed by atoms with Crippen molar-refractivity contribution in [3.63, 3.8) is 0 Å². The van der Waals surface area contributed by atoms with Crippen LogP contribution in [0, 0.1) is 5.92 Å². The Morgan fingerprint density at radius 2 is 2.08 bits per heavy atom. The maximum absolute atomic E-state index is 13.1. The largest absolute Gasteiger partial charge is 0.460 e. The molecule has 4 rings (SSSR count). The first-order valence-corrected chi connectivity index (χ1v) is 10.7. The third kappa shape index (κ3) is 3.18. The molecule has 3 atom stereocenters. The van der Waals surface area contributed by atoms with Gasteiger partial charge >= 0.3 is 5.97 Å². The van der Waals surface area contributed by atoms with E-state index in [4.69, 9.17) is 4.74 Å². The molecule has 5 nitrogen and oxygen atoms in total. The van der Waals surface area contributed by atoms with Gasteiger partial charge in [-0.15, -0.1) is 11.3 Å². The standard InChI is InChI=1S/C19H22N2O3S2/c1-19(2,3)24-18(23)13-8-12-4-5-15(13)21(12)17(22)14-10-26-16(20-14)11-6-7-25-9-11/h6-7,9-10,12-13,15H,4-5,8H2,1-3H3/t12-,13+,15-/m1/s1. The van der Waals surface area contributed by atoms with Crippen LogP contribution in [0.5, 0.6) is 0 Å². The number of thiazole rings is 1. The average Bonchev–Trinajstić information content (AvgIpc) is 3.33. The molecular weight excluding hydrogens is 368 g/mol. The van der Waals surface area contributed by atoms with E-state index < -0.39 is 5.60 Å². The fourth-order valence-corrected chi connectivity index (χ4v) is 5.46. The van der Waals surface area contributed by atoms with E-state index in [1.54, 1.807) is 11.3 Å². The molecule has 0 saturated carbocycles. The van der Waals surface area contributed by atoms with E-state index in [0.29, 0.717) is 12.1 Å². The summed E-state index contributed by atoms with van der Waals surface area (Å²) < 4.78 is 5.57. The molecule has 2 bridgehead atoms. The van der Waals surface area contributed by atoms with Crippen LogP contribution in [-0.4, -0.2) is 39.4 Å². The minimum absolute atomic E-state index is 0.0544. The zero-order valence-electron chi connectivity index (χ0n) is 15.1. The Balaban J connectivity index is 1.51. The second-order valence-corrected chi connectivity index (χ2v) is 9.57.